The fourth-order valence-corrected chi connectivity index (χ4v) is 8.93. The molecule has 1 unspecified atom stereocenters. The molecule has 10 atom stereocenters. The number of rotatable bonds is 1. The van der Waals surface area contributed by atoms with Gasteiger partial charge in [-0.2, -0.15) is 0 Å². The van der Waals surface area contributed by atoms with Gasteiger partial charge in [0, 0.05) is 16.9 Å². The third kappa shape index (κ3) is 2.48. The van der Waals surface area contributed by atoms with E-state index in [4.69, 9.17) is 16.3 Å². The molecule has 0 amide bonds. The van der Waals surface area contributed by atoms with Gasteiger partial charge >= 0.3 is 5.97 Å². The number of esters is 1. The first-order valence-electron chi connectivity index (χ1n) is 11.2. The topological polar surface area (TPSA) is 87.0 Å². The van der Waals surface area contributed by atoms with Crippen molar-refractivity contribution in [1.29, 1.82) is 0 Å². The highest BCUT2D eigenvalue weighted by atomic mass is 35.5. The number of ether oxygens (including phenoxy) is 1. The number of halogens is 1. The number of hydrogen-bond donors (Lipinski definition) is 3. The summed E-state index contributed by atoms with van der Waals surface area (Å²) in [6.45, 7) is 4.53. The van der Waals surface area contributed by atoms with Crippen molar-refractivity contribution < 1.29 is 24.9 Å². The molecule has 0 saturated heterocycles. The molecule has 6 heteroatoms. The van der Waals surface area contributed by atoms with Gasteiger partial charge in [0.15, 0.2) is 0 Å². The van der Waals surface area contributed by atoms with Crippen LogP contribution in [0.5, 0.6) is 0 Å². The summed E-state index contributed by atoms with van der Waals surface area (Å²) < 4.78 is 5.15. The first-order valence-corrected chi connectivity index (χ1v) is 11.7. The van der Waals surface area contributed by atoms with Crippen LogP contribution < -0.4 is 0 Å². The summed E-state index contributed by atoms with van der Waals surface area (Å²) in [6.07, 6.45) is 5.78. The molecule has 0 aromatic carbocycles. The molecule has 162 valence electrons. The summed E-state index contributed by atoms with van der Waals surface area (Å²) >= 11 is 6.88. The molecule has 5 rings (SSSR count). The number of carbonyl (C=O) groups excluding carboxylic acids is 1. The molecule has 1 aliphatic heterocycles. The molecular formula is C23H33ClO5. The van der Waals surface area contributed by atoms with Gasteiger partial charge in [0.25, 0.3) is 0 Å². The van der Waals surface area contributed by atoms with E-state index < -0.39 is 17.1 Å². The molecule has 0 aromatic rings. The van der Waals surface area contributed by atoms with Crippen LogP contribution in [0.4, 0.5) is 0 Å². The van der Waals surface area contributed by atoms with Crippen LogP contribution in [0.2, 0.25) is 0 Å². The molecule has 29 heavy (non-hydrogen) atoms. The number of hydrogen-bond acceptors (Lipinski definition) is 5. The molecule has 0 radical (unpaired) electrons. The SMILES string of the molecule is C[C@]12C(Cl)C[C@@H](O)C[C@H]1CC[C@@H]1[C@@H]2C[C@@H](O)[C@]2(C)[C@@H](C3=CC(=O)OC3)CC[C@]12O. The van der Waals surface area contributed by atoms with Crippen molar-refractivity contribution in [2.75, 3.05) is 6.61 Å². The second kappa shape index (κ2) is 6.44. The first-order chi connectivity index (χ1) is 13.6. The lowest BCUT2D eigenvalue weighted by Gasteiger charge is -2.65. The maximum absolute atomic E-state index is 12.2. The molecule has 5 aliphatic rings. The highest BCUT2D eigenvalue weighted by Gasteiger charge is 2.71. The van der Waals surface area contributed by atoms with Gasteiger partial charge in [-0.25, -0.2) is 4.79 Å². The van der Waals surface area contributed by atoms with E-state index in [-0.39, 0.29) is 47.2 Å². The van der Waals surface area contributed by atoms with E-state index in [9.17, 15) is 20.1 Å². The van der Waals surface area contributed by atoms with Crippen LogP contribution in [0.1, 0.15) is 58.8 Å². The molecule has 3 N–H and O–H groups in total. The number of aliphatic hydroxyl groups is 3. The monoisotopic (exact) mass is 424 g/mol. The van der Waals surface area contributed by atoms with Crippen molar-refractivity contribution in [2.24, 2.45) is 34.5 Å². The minimum atomic E-state index is -0.979. The van der Waals surface area contributed by atoms with E-state index in [1.54, 1.807) is 6.08 Å². The van der Waals surface area contributed by atoms with E-state index in [0.717, 1.165) is 31.3 Å². The van der Waals surface area contributed by atoms with Gasteiger partial charge in [-0.1, -0.05) is 13.8 Å². The minimum Gasteiger partial charge on any atom is -0.458 e. The molecule has 4 aliphatic carbocycles. The highest BCUT2D eigenvalue weighted by molar-refractivity contribution is 6.21. The van der Waals surface area contributed by atoms with Gasteiger partial charge in [-0.3, -0.25) is 0 Å². The van der Waals surface area contributed by atoms with Gasteiger partial charge < -0.3 is 20.1 Å². The van der Waals surface area contributed by atoms with Crippen molar-refractivity contribution in [2.45, 2.75) is 82.0 Å². The number of alkyl halides is 1. The Morgan fingerprint density at radius 3 is 2.55 bits per heavy atom. The van der Waals surface area contributed by atoms with Crippen molar-refractivity contribution >= 4 is 17.6 Å². The Hall–Kier alpha value is -0.620. The average Bonchev–Trinajstić information content (AvgIpc) is 3.19. The highest BCUT2D eigenvalue weighted by Crippen LogP contribution is 2.70. The minimum absolute atomic E-state index is 0.0413. The van der Waals surface area contributed by atoms with Gasteiger partial charge in [-0.05, 0) is 79.6 Å². The fraction of sp³-hybridized carbons (Fsp3) is 0.870. The Balaban J connectivity index is 1.53. The molecule has 0 aromatic heterocycles. The molecule has 0 bridgehead atoms. The maximum Gasteiger partial charge on any atom is 0.331 e. The molecule has 0 spiro atoms. The van der Waals surface area contributed by atoms with Crippen molar-refractivity contribution in [3.8, 4) is 0 Å². The Bertz CT molecular complexity index is 754. The summed E-state index contributed by atoms with van der Waals surface area (Å²) in [7, 11) is 0. The Morgan fingerprint density at radius 1 is 1.10 bits per heavy atom. The molecule has 4 saturated carbocycles. The number of cyclic esters (lactones) is 1. The van der Waals surface area contributed by atoms with Gasteiger partial charge in [0.05, 0.1) is 17.8 Å². The van der Waals surface area contributed by atoms with Crippen molar-refractivity contribution in [3.05, 3.63) is 11.6 Å². The molecular weight excluding hydrogens is 392 g/mol. The summed E-state index contributed by atoms with van der Waals surface area (Å²) in [5, 5.41) is 33.8. The Morgan fingerprint density at radius 2 is 1.86 bits per heavy atom. The van der Waals surface area contributed by atoms with Crippen LogP contribution in [0, 0.1) is 34.5 Å². The molecule has 5 nitrogen and oxygen atoms in total. The van der Waals surface area contributed by atoms with Crippen LogP contribution in [-0.4, -0.2) is 51.1 Å². The lowest BCUT2D eigenvalue weighted by Crippen LogP contribution is -2.68. The van der Waals surface area contributed by atoms with Crippen LogP contribution in [0.3, 0.4) is 0 Å². The zero-order chi connectivity index (χ0) is 20.8. The van der Waals surface area contributed by atoms with E-state index in [0.29, 0.717) is 25.2 Å². The van der Waals surface area contributed by atoms with Crippen LogP contribution in [-0.2, 0) is 9.53 Å². The van der Waals surface area contributed by atoms with E-state index in [1.165, 1.54) is 0 Å². The zero-order valence-electron chi connectivity index (χ0n) is 17.3. The smallest absolute Gasteiger partial charge is 0.331 e. The summed E-state index contributed by atoms with van der Waals surface area (Å²) in [5.74, 6) is 0.188. The van der Waals surface area contributed by atoms with Crippen LogP contribution >= 0.6 is 11.6 Å². The summed E-state index contributed by atoms with van der Waals surface area (Å²) in [4.78, 5) is 11.7. The zero-order valence-corrected chi connectivity index (χ0v) is 18.1. The Labute approximate surface area is 177 Å². The second-order valence-corrected chi connectivity index (χ2v) is 11.3. The van der Waals surface area contributed by atoms with Crippen molar-refractivity contribution in [1.82, 2.24) is 0 Å². The molecule has 1 heterocycles. The average molecular weight is 425 g/mol. The lowest BCUT2D eigenvalue weighted by atomic mass is 9.42. The fourth-order valence-electron chi connectivity index (χ4n) is 8.38. The predicted octanol–water partition coefficient (Wildman–Crippen LogP) is 2.79. The third-order valence-electron chi connectivity index (χ3n) is 10.1. The number of fused-ring (bicyclic) bond motifs is 5. The van der Waals surface area contributed by atoms with Gasteiger partial charge in [0.1, 0.15) is 6.61 Å². The van der Waals surface area contributed by atoms with Gasteiger partial charge in [-0.15, -0.1) is 11.6 Å². The van der Waals surface area contributed by atoms with Crippen LogP contribution in [0.25, 0.3) is 0 Å². The standard InChI is InChI=1S/C23H33ClO5/c1-21-13(8-14(25)9-18(21)24)3-4-16-17(21)10-19(26)22(2)15(5-6-23(16,22)28)12-7-20(27)29-11-12/h7,13-19,25-26,28H,3-6,8-11H2,1-2H3/t13-,14+,15-,16-,17+,18?,19-,21+,22+,23+/m1/s1. The first kappa shape index (κ1) is 20.3. The number of carbonyl (C=O) groups is 1. The normalized spacial score (nSPS) is 56.8. The van der Waals surface area contributed by atoms with E-state index in [1.807, 2.05) is 6.92 Å². The largest absolute Gasteiger partial charge is 0.458 e. The lowest BCUT2D eigenvalue weighted by molar-refractivity contribution is -0.244. The predicted molar refractivity (Wildman–Crippen MR) is 108 cm³/mol. The third-order valence-corrected chi connectivity index (χ3v) is 10.7. The van der Waals surface area contributed by atoms with Gasteiger partial charge in [0.2, 0.25) is 0 Å². The van der Waals surface area contributed by atoms with E-state index in [2.05, 4.69) is 6.92 Å². The summed E-state index contributed by atoms with van der Waals surface area (Å²) in [6, 6.07) is 0. The van der Waals surface area contributed by atoms with Crippen LogP contribution in [0.15, 0.2) is 11.6 Å². The number of aliphatic hydroxyl groups excluding tert-OH is 2. The maximum atomic E-state index is 12.2. The summed E-state index contributed by atoms with van der Waals surface area (Å²) in [5.41, 5.74) is -0.937. The van der Waals surface area contributed by atoms with E-state index >= 15 is 0 Å². The molecule has 4 fully saturated rings. The Kier molecular flexibility index (Phi) is 4.51. The quantitative estimate of drug-likeness (QED) is 0.445. The van der Waals surface area contributed by atoms with Crippen molar-refractivity contribution in [3.63, 3.8) is 0 Å². The second-order valence-electron chi connectivity index (χ2n) is 10.8.